The molecule has 1 aliphatic heterocycles. The lowest BCUT2D eigenvalue weighted by Gasteiger charge is -2.44. The molecule has 2 aliphatic rings. The van der Waals surface area contributed by atoms with E-state index in [0.29, 0.717) is 17.5 Å². The lowest BCUT2D eigenvalue weighted by Crippen LogP contribution is -2.54. The quantitative estimate of drug-likeness (QED) is 0.848. The maximum atomic E-state index is 6.39. The van der Waals surface area contributed by atoms with Gasteiger partial charge in [0.15, 0.2) is 0 Å². The summed E-state index contributed by atoms with van der Waals surface area (Å²) >= 11 is 0. The van der Waals surface area contributed by atoms with Gasteiger partial charge in [-0.3, -0.25) is 4.90 Å². The van der Waals surface area contributed by atoms with Crippen molar-refractivity contribution in [3.05, 3.63) is 0 Å². The molecule has 3 unspecified atom stereocenters. The van der Waals surface area contributed by atoms with Gasteiger partial charge in [0.1, 0.15) is 0 Å². The fourth-order valence-electron chi connectivity index (χ4n) is 4.04. The number of nitrogens with zero attached hydrogens (tertiary/aromatic N) is 2. The summed E-state index contributed by atoms with van der Waals surface area (Å²) in [5.41, 5.74) is 6.85. The Morgan fingerprint density at radius 3 is 2.74 bits per heavy atom. The minimum absolute atomic E-state index is 0.370. The molecule has 2 fully saturated rings. The number of likely N-dealkylation sites (N-methyl/N-ethyl adjacent to an activating group) is 2. The van der Waals surface area contributed by atoms with E-state index < -0.39 is 0 Å². The highest BCUT2D eigenvalue weighted by Crippen LogP contribution is 2.36. The average molecular weight is 267 g/mol. The zero-order valence-electron chi connectivity index (χ0n) is 13.4. The van der Waals surface area contributed by atoms with Gasteiger partial charge >= 0.3 is 0 Å². The zero-order chi connectivity index (χ0) is 14.0. The van der Waals surface area contributed by atoms with Crippen LogP contribution in [-0.4, -0.2) is 54.6 Å². The van der Waals surface area contributed by atoms with Crippen molar-refractivity contribution in [3.8, 4) is 0 Å². The van der Waals surface area contributed by atoms with E-state index in [0.717, 1.165) is 6.04 Å². The molecule has 19 heavy (non-hydrogen) atoms. The van der Waals surface area contributed by atoms with Crippen LogP contribution in [0.5, 0.6) is 0 Å². The fraction of sp³-hybridized carbons (Fsp3) is 1.00. The van der Waals surface area contributed by atoms with Crippen LogP contribution in [0.3, 0.4) is 0 Å². The molecule has 0 aromatic rings. The van der Waals surface area contributed by atoms with Crippen LogP contribution in [0, 0.1) is 5.41 Å². The number of hydrogen-bond acceptors (Lipinski definition) is 3. The lowest BCUT2D eigenvalue weighted by atomic mass is 9.72. The Kier molecular flexibility index (Phi) is 4.91. The highest BCUT2D eigenvalue weighted by molar-refractivity contribution is 4.93. The lowest BCUT2D eigenvalue weighted by molar-refractivity contribution is 0.0772. The molecule has 3 nitrogen and oxygen atoms in total. The molecular weight excluding hydrogens is 234 g/mol. The normalized spacial score (nSPS) is 36.0. The van der Waals surface area contributed by atoms with Crippen LogP contribution < -0.4 is 5.73 Å². The second-order valence-corrected chi connectivity index (χ2v) is 7.50. The number of hydrogen-bond donors (Lipinski definition) is 1. The van der Waals surface area contributed by atoms with Gasteiger partial charge in [0.05, 0.1) is 0 Å². The summed E-state index contributed by atoms with van der Waals surface area (Å²) in [7, 11) is 2.29. The van der Waals surface area contributed by atoms with Crippen LogP contribution in [0.4, 0.5) is 0 Å². The van der Waals surface area contributed by atoms with Crippen molar-refractivity contribution in [2.24, 2.45) is 11.1 Å². The zero-order valence-corrected chi connectivity index (χ0v) is 13.4. The molecule has 3 heteroatoms. The number of likely N-dealkylation sites (tertiary alicyclic amines) is 1. The highest BCUT2D eigenvalue weighted by atomic mass is 15.2. The highest BCUT2D eigenvalue weighted by Gasteiger charge is 2.36. The molecule has 0 aromatic carbocycles. The van der Waals surface area contributed by atoms with Gasteiger partial charge < -0.3 is 10.6 Å². The second kappa shape index (κ2) is 6.11. The van der Waals surface area contributed by atoms with Crippen molar-refractivity contribution >= 4 is 0 Å². The third kappa shape index (κ3) is 3.71. The summed E-state index contributed by atoms with van der Waals surface area (Å²) in [6, 6.07) is 1.70. The van der Waals surface area contributed by atoms with Crippen molar-refractivity contribution in [1.82, 2.24) is 9.80 Å². The first-order valence-electron chi connectivity index (χ1n) is 8.13. The largest absolute Gasteiger partial charge is 0.326 e. The Balaban J connectivity index is 1.92. The van der Waals surface area contributed by atoms with E-state index in [9.17, 15) is 0 Å². The van der Waals surface area contributed by atoms with Gasteiger partial charge in [-0.2, -0.15) is 0 Å². The first-order chi connectivity index (χ1) is 8.93. The van der Waals surface area contributed by atoms with Crippen molar-refractivity contribution in [2.45, 2.75) is 71.0 Å². The molecule has 1 aliphatic carbocycles. The van der Waals surface area contributed by atoms with Gasteiger partial charge in [-0.15, -0.1) is 0 Å². The molecular formula is C16H33N3. The molecule has 1 saturated heterocycles. The van der Waals surface area contributed by atoms with Crippen LogP contribution in [0.25, 0.3) is 0 Å². The van der Waals surface area contributed by atoms with Crippen LogP contribution in [0.2, 0.25) is 0 Å². The van der Waals surface area contributed by atoms with Gasteiger partial charge in [0.25, 0.3) is 0 Å². The average Bonchev–Trinajstić information content (AvgIpc) is 2.79. The number of nitrogens with two attached hydrogens (primary N) is 1. The van der Waals surface area contributed by atoms with Crippen LogP contribution in [0.15, 0.2) is 0 Å². The van der Waals surface area contributed by atoms with Crippen molar-refractivity contribution in [3.63, 3.8) is 0 Å². The SMILES string of the molecule is CCN1CCCC1CN(C)C1CC(C)(C)CCC1N. The first kappa shape index (κ1) is 15.3. The molecule has 3 atom stereocenters. The fourth-order valence-corrected chi connectivity index (χ4v) is 4.04. The second-order valence-electron chi connectivity index (χ2n) is 7.50. The molecule has 0 spiro atoms. The molecule has 112 valence electrons. The van der Waals surface area contributed by atoms with Gasteiger partial charge in [-0.05, 0) is 57.7 Å². The minimum atomic E-state index is 0.370. The summed E-state index contributed by atoms with van der Waals surface area (Å²) in [6.07, 6.45) is 6.45. The van der Waals surface area contributed by atoms with E-state index in [1.807, 2.05) is 0 Å². The Labute approximate surface area is 119 Å². The van der Waals surface area contributed by atoms with Crippen molar-refractivity contribution in [2.75, 3.05) is 26.7 Å². The molecule has 1 saturated carbocycles. The first-order valence-corrected chi connectivity index (χ1v) is 8.13. The Bertz CT molecular complexity index is 290. The predicted octanol–water partition coefficient (Wildman–Crippen LogP) is 2.31. The van der Waals surface area contributed by atoms with Crippen LogP contribution in [-0.2, 0) is 0 Å². The van der Waals surface area contributed by atoms with Crippen LogP contribution in [0.1, 0.15) is 52.9 Å². The van der Waals surface area contributed by atoms with Gasteiger partial charge in [0, 0.05) is 24.7 Å². The Morgan fingerprint density at radius 1 is 1.32 bits per heavy atom. The molecule has 0 amide bonds. The van der Waals surface area contributed by atoms with E-state index in [2.05, 4.69) is 37.6 Å². The predicted molar refractivity (Wildman–Crippen MR) is 82.3 cm³/mol. The standard InChI is InChI=1S/C16H33N3/c1-5-19-10-6-7-13(19)12-18(4)15-11-16(2,3)9-8-14(15)17/h13-15H,5-12,17H2,1-4H3. The van der Waals surface area contributed by atoms with E-state index in [1.165, 1.54) is 51.7 Å². The third-order valence-electron chi connectivity index (χ3n) is 5.38. The summed E-state index contributed by atoms with van der Waals surface area (Å²) in [5.74, 6) is 0. The molecule has 2 rings (SSSR count). The van der Waals surface area contributed by atoms with Crippen molar-refractivity contribution in [1.29, 1.82) is 0 Å². The van der Waals surface area contributed by atoms with E-state index in [4.69, 9.17) is 5.73 Å². The molecule has 2 N–H and O–H groups in total. The monoisotopic (exact) mass is 267 g/mol. The summed E-state index contributed by atoms with van der Waals surface area (Å²) in [6.45, 7) is 10.8. The van der Waals surface area contributed by atoms with E-state index >= 15 is 0 Å². The van der Waals surface area contributed by atoms with Crippen molar-refractivity contribution < 1.29 is 0 Å². The maximum Gasteiger partial charge on any atom is 0.0249 e. The Morgan fingerprint density at radius 2 is 2.05 bits per heavy atom. The Hall–Kier alpha value is -0.120. The molecule has 0 aromatic heterocycles. The summed E-state index contributed by atoms with van der Waals surface area (Å²) in [5, 5.41) is 0. The maximum absolute atomic E-state index is 6.39. The minimum Gasteiger partial charge on any atom is -0.326 e. The topological polar surface area (TPSA) is 32.5 Å². The molecule has 1 heterocycles. The summed E-state index contributed by atoms with van der Waals surface area (Å²) < 4.78 is 0. The number of rotatable bonds is 4. The van der Waals surface area contributed by atoms with Crippen LogP contribution >= 0.6 is 0 Å². The van der Waals surface area contributed by atoms with Gasteiger partial charge in [0.2, 0.25) is 0 Å². The summed E-state index contributed by atoms with van der Waals surface area (Å²) in [4.78, 5) is 5.19. The third-order valence-corrected chi connectivity index (χ3v) is 5.38. The van der Waals surface area contributed by atoms with E-state index in [1.54, 1.807) is 0 Å². The van der Waals surface area contributed by atoms with E-state index in [-0.39, 0.29) is 0 Å². The van der Waals surface area contributed by atoms with Gasteiger partial charge in [-0.25, -0.2) is 0 Å². The molecule has 0 radical (unpaired) electrons. The molecule has 0 bridgehead atoms. The van der Waals surface area contributed by atoms with Gasteiger partial charge in [-0.1, -0.05) is 20.8 Å². The smallest absolute Gasteiger partial charge is 0.0249 e.